The molecule has 29 heavy (non-hydrogen) atoms. The minimum atomic E-state index is -0.351. The average molecular weight is 416 g/mol. The van der Waals surface area contributed by atoms with E-state index < -0.39 is 0 Å². The van der Waals surface area contributed by atoms with Gasteiger partial charge < -0.3 is 15.2 Å². The average Bonchev–Trinajstić information content (AvgIpc) is 3.13. The number of benzene rings is 1. The summed E-state index contributed by atoms with van der Waals surface area (Å²) in [7, 11) is 0. The fourth-order valence-corrected chi connectivity index (χ4v) is 4.64. The lowest BCUT2D eigenvalue weighted by Crippen LogP contribution is -2.39. The van der Waals surface area contributed by atoms with Crippen molar-refractivity contribution in [2.75, 3.05) is 18.8 Å². The Labute approximate surface area is 176 Å². The van der Waals surface area contributed by atoms with E-state index in [1.54, 1.807) is 0 Å². The molecule has 156 valence electrons. The van der Waals surface area contributed by atoms with Crippen molar-refractivity contribution in [2.45, 2.75) is 50.7 Å². The number of aromatic nitrogens is 3. The highest BCUT2D eigenvalue weighted by Crippen LogP contribution is 2.23. The van der Waals surface area contributed by atoms with Gasteiger partial charge in [-0.25, -0.2) is 0 Å². The third-order valence-corrected chi connectivity index (χ3v) is 6.32. The van der Waals surface area contributed by atoms with Crippen LogP contribution in [-0.4, -0.2) is 50.3 Å². The zero-order chi connectivity index (χ0) is 20.6. The van der Waals surface area contributed by atoms with Gasteiger partial charge in [0.15, 0.2) is 5.16 Å². The van der Waals surface area contributed by atoms with Crippen molar-refractivity contribution in [1.82, 2.24) is 19.7 Å². The van der Waals surface area contributed by atoms with Crippen molar-refractivity contribution in [3.63, 3.8) is 0 Å². The standard InChI is InChI=1S/C21H29N5O2S/c1-2-26-19(9-8-18(22)27)23-24-21(26)29-15-20(28)25-12-10-17(11-13-25)14-16-6-4-3-5-7-16/h3-7,17H,2,8-15H2,1H3,(H2,22,27). The topological polar surface area (TPSA) is 94.1 Å². The van der Waals surface area contributed by atoms with Crippen LogP contribution < -0.4 is 5.73 Å². The number of carbonyl (C=O) groups is 2. The highest BCUT2D eigenvalue weighted by atomic mass is 32.2. The SMILES string of the molecule is CCn1c(CCC(N)=O)nnc1SCC(=O)N1CCC(Cc2ccccc2)CC1. The maximum atomic E-state index is 12.6. The van der Waals surface area contributed by atoms with Gasteiger partial charge in [-0.05, 0) is 37.7 Å². The molecule has 1 aromatic carbocycles. The number of aryl methyl sites for hydroxylation is 1. The lowest BCUT2D eigenvalue weighted by atomic mass is 9.90. The number of hydrogen-bond acceptors (Lipinski definition) is 5. The van der Waals surface area contributed by atoms with Crippen LogP contribution >= 0.6 is 11.8 Å². The molecule has 0 atom stereocenters. The van der Waals surface area contributed by atoms with E-state index in [0.717, 1.165) is 43.3 Å². The fourth-order valence-electron chi connectivity index (χ4n) is 3.71. The molecule has 2 amide bonds. The third-order valence-electron chi connectivity index (χ3n) is 5.36. The zero-order valence-electron chi connectivity index (χ0n) is 16.9. The van der Waals surface area contributed by atoms with Crippen LogP contribution in [0.25, 0.3) is 0 Å². The molecule has 7 nitrogen and oxygen atoms in total. The van der Waals surface area contributed by atoms with E-state index in [1.165, 1.54) is 17.3 Å². The number of thioether (sulfide) groups is 1. The van der Waals surface area contributed by atoms with E-state index in [-0.39, 0.29) is 18.2 Å². The molecule has 0 spiro atoms. The van der Waals surface area contributed by atoms with Crippen molar-refractivity contribution < 1.29 is 9.59 Å². The van der Waals surface area contributed by atoms with Crippen LogP contribution in [0.2, 0.25) is 0 Å². The summed E-state index contributed by atoms with van der Waals surface area (Å²) in [5, 5.41) is 9.07. The van der Waals surface area contributed by atoms with Gasteiger partial charge in [-0.3, -0.25) is 9.59 Å². The number of primary amides is 1. The predicted molar refractivity (Wildman–Crippen MR) is 113 cm³/mol. The van der Waals surface area contributed by atoms with Crippen molar-refractivity contribution in [2.24, 2.45) is 11.7 Å². The molecule has 2 aromatic rings. The molecule has 0 radical (unpaired) electrons. The number of nitrogens with zero attached hydrogens (tertiary/aromatic N) is 4. The molecular weight excluding hydrogens is 386 g/mol. The second-order valence-corrected chi connectivity index (χ2v) is 8.35. The Morgan fingerprint density at radius 1 is 1.17 bits per heavy atom. The largest absolute Gasteiger partial charge is 0.370 e. The normalized spacial score (nSPS) is 14.9. The Morgan fingerprint density at radius 2 is 1.90 bits per heavy atom. The van der Waals surface area contributed by atoms with E-state index >= 15 is 0 Å². The van der Waals surface area contributed by atoms with Crippen molar-refractivity contribution in [1.29, 1.82) is 0 Å². The number of piperidine rings is 1. The lowest BCUT2D eigenvalue weighted by molar-refractivity contribution is -0.129. The Bertz CT molecular complexity index is 816. The minimum absolute atomic E-state index is 0.150. The molecule has 1 aliphatic heterocycles. The first-order chi connectivity index (χ1) is 14.1. The second-order valence-electron chi connectivity index (χ2n) is 7.41. The molecule has 0 aliphatic carbocycles. The zero-order valence-corrected chi connectivity index (χ0v) is 17.7. The van der Waals surface area contributed by atoms with E-state index in [4.69, 9.17) is 5.73 Å². The summed E-state index contributed by atoms with van der Waals surface area (Å²) in [5.41, 5.74) is 6.59. The molecular formula is C21H29N5O2S. The van der Waals surface area contributed by atoms with E-state index in [1.807, 2.05) is 22.5 Å². The Morgan fingerprint density at radius 3 is 2.55 bits per heavy atom. The maximum Gasteiger partial charge on any atom is 0.233 e. The van der Waals surface area contributed by atoms with Gasteiger partial charge in [0, 0.05) is 32.5 Å². The molecule has 2 heterocycles. The highest BCUT2D eigenvalue weighted by molar-refractivity contribution is 7.99. The molecule has 3 rings (SSSR count). The number of likely N-dealkylation sites (tertiary alicyclic amines) is 1. The van der Waals surface area contributed by atoms with Gasteiger partial charge in [-0.15, -0.1) is 10.2 Å². The molecule has 0 unspecified atom stereocenters. The Kier molecular flexibility index (Phi) is 7.69. The van der Waals surface area contributed by atoms with Gasteiger partial charge in [0.1, 0.15) is 5.82 Å². The molecule has 1 fully saturated rings. The summed E-state index contributed by atoms with van der Waals surface area (Å²) in [5.74, 6) is 1.54. The Hall–Kier alpha value is -2.35. The van der Waals surface area contributed by atoms with E-state index in [2.05, 4.69) is 34.5 Å². The van der Waals surface area contributed by atoms with Crippen LogP contribution in [0.4, 0.5) is 0 Å². The van der Waals surface area contributed by atoms with Gasteiger partial charge in [0.05, 0.1) is 5.75 Å². The fraction of sp³-hybridized carbons (Fsp3) is 0.524. The Balaban J connectivity index is 1.46. The summed E-state index contributed by atoms with van der Waals surface area (Å²) in [6.45, 7) is 4.34. The van der Waals surface area contributed by atoms with Gasteiger partial charge >= 0.3 is 0 Å². The van der Waals surface area contributed by atoms with E-state index in [9.17, 15) is 9.59 Å². The number of rotatable bonds is 9. The van der Waals surface area contributed by atoms with Crippen LogP contribution in [0, 0.1) is 5.92 Å². The quantitative estimate of drug-likeness (QED) is 0.634. The first-order valence-corrected chi connectivity index (χ1v) is 11.2. The number of amides is 2. The summed E-state index contributed by atoms with van der Waals surface area (Å²) in [4.78, 5) is 25.6. The second kappa shape index (κ2) is 10.4. The molecule has 8 heteroatoms. The maximum absolute atomic E-state index is 12.6. The number of hydrogen-bond donors (Lipinski definition) is 1. The minimum Gasteiger partial charge on any atom is -0.370 e. The van der Waals surface area contributed by atoms with Crippen LogP contribution in [0.15, 0.2) is 35.5 Å². The van der Waals surface area contributed by atoms with Crippen LogP contribution in [0.3, 0.4) is 0 Å². The molecule has 1 saturated heterocycles. The van der Waals surface area contributed by atoms with Gasteiger partial charge in [-0.1, -0.05) is 42.1 Å². The first kappa shape index (κ1) is 21.4. The van der Waals surface area contributed by atoms with Crippen LogP contribution in [-0.2, 0) is 29.0 Å². The van der Waals surface area contributed by atoms with Crippen LogP contribution in [0.1, 0.15) is 37.6 Å². The highest BCUT2D eigenvalue weighted by Gasteiger charge is 2.23. The van der Waals surface area contributed by atoms with Gasteiger partial charge in [0.25, 0.3) is 0 Å². The number of nitrogens with two attached hydrogens (primary N) is 1. The van der Waals surface area contributed by atoms with Crippen molar-refractivity contribution in [3.05, 3.63) is 41.7 Å². The summed E-state index contributed by atoms with van der Waals surface area (Å²) in [6, 6.07) is 10.6. The third kappa shape index (κ3) is 6.06. The van der Waals surface area contributed by atoms with Crippen molar-refractivity contribution in [3.8, 4) is 0 Å². The van der Waals surface area contributed by atoms with Crippen LogP contribution in [0.5, 0.6) is 0 Å². The molecule has 2 N–H and O–H groups in total. The first-order valence-electron chi connectivity index (χ1n) is 10.2. The van der Waals surface area contributed by atoms with E-state index in [0.29, 0.717) is 24.6 Å². The summed E-state index contributed by atoms with van der Waals surface area (Å²) >= 11 is 1.41. The summed E-state index contributed by atoms with van der Waals surface area (Å²) in [6.07, 6.45) is 3.91. The molecule has 1 aliphatic rings. The molecule has 1 aromatic heterocycles. The number of carbonyl (C=O) groups excluding carboxylic acids is 2. The predicted octanol–water partition coefficient (Wildman–Crippen LogP) is 2.29. The smallest absolute Gasteiger partial charge is 0.233 e. The van der Waals surface area contributed by atoms with Crippen molar-refractivity contribution >= 4 is 23.6 Å². The lowest BCUT2D eigenvalue weighted by Gasteiger charge is -2.32. The summed E-state index contributed by atoms with van der Waals surface area (Å²) < 4.78 is 1.95. The molecule has 0 bridgehead atoms. The molecule has 0 saturated carbocycles. The van der Waals surface area contributed by atoms with Gasteiger partial charge in [-0.2, -0.15) is 0 Å². The van der Waals surface area contributed by atoms with Gasteiger partial charge in [0.2, 0.25) is 11.8 Å². The monoisotopic (exact) mass is 415 g/mol.